The summed E-state index contributed by atoms with van der Waals surface area (Å²) in [5.74, 6) is -0.872. The molecule has 6 heteroatoms. The number of rotatable bonds is 2. The van der Waals surface area contributed by atoms with Gasteiger partial charge in [-0.1, -0.05) is 12.1 Å². The molecule has 0 spiro atoms. The van der Waals surface area contributed by atoms with Crippen molar-refractivity contribution in [2.75, 3.05) is 5.32 Å². The fourth-order valence-electron chi connectivity index (χ4n) is 1.95. The van der Waals surface area contributed by atoms with Gasteiger partial charge in [-0.3, -0.25) is 4.79 Å². The van der Waals surface area contributed by atoms with Crippen LogP contribution in [0.3, 0.4) is 0 Å². The summed E-state index contributed by atoms with van der Waals surface area (Å²) in [4.78, 5) is 16.3. The van der Waals surface area contributed by atoms with E-state index in [1.807, 2.05) is 6.07 Å². The summed E-state index contributed by atoms with van der Waals surface area (Å²) in [6.45, 7) is 0. The number of benzene rings is 1. The number of nitriles is 1. The molecule has 0 fully saturated rings. The Hall–Kier alpha value is -3.20. The van der Waals surface area contributed by atoms with Crippen LogP contribution in [0.4, 0.5) is 10.1 Å². The summed E-state index contributed by atoms with van der Waals surface area (Å²) < 4.78 is 14.5. The van der Waals surface area contributed by atoms with Crippen LogP contribution in [-0.2, 0) is 0 Å². The second kappa shape index (κ2) is 5.06. The second-order valence-electron chi connectivity index (χ2n) is 4.35. The maximum Gasteiger partial charge on any atom is 0.275 e. The quantitative estimate of drug-likeness (QED) is 0.784. The van der Waals surface area contributed by atoms with E-state index in [2.05, 4.69) is 10.3 Å². The van der Waals surface area contributed by atoms with E-state index in [-0.39, 0.29) is 5.69 Å². The van der Waals surface area contributed by atoms with Crippen molar-refractivity contribution >= 4 is 17.2 Å². The first-order valence-corrected chi connectivity index (χ1v) is 6.12. The predicted octanol–water partition coefficient (Wildman–Crippen LogP) is 2.60. The Morgan fingerprint density at radius 1 is 1.24 bits per heavy atom. The van der Waals surface area contributed by atoms with E-state index in [0.717, 1.165) is 0 Å². The lowest BCUT2D eigenvalue weighted by molar-refractivity contribution is 0.102. The van der Waals surface area contributed by atoms with Crippen molar-refractivity contribution in [3.05, 3.63) is 65.9 Å². The van der Waals surface area contributed by atoms with Crippen molar-refractivity contribution in [3.8, 4) is 6.07 Å². The minimum Gasteiger partial charge on any atom is -0.319 e. The molecule has 0 unspecified atom stereocenters. The van der Waals surface area contributed by atoms with E-state index in [9.17, 15) is 9.18 Å². The van der Waals surface area contributed by atoms with Crippen LogP contribution in [0.2, 0.25) is 0 Å². The fourth-order valence-corrected chi connectivity index (χ4v) is 1.95. The van der Waals surface area contributed by atoms with Gasteiger partial charge in [0.1, 0.15) is 23.2 Å². The van der Waals surface area contributed by atoms with Gasteiger partial charge in [0.2, 0.25) is 0 Å². The van der Waals surface area contributed by atoms with Gasteiger partial charge in [-0.2, -0.15) is 5.26 Å². The van der Waals surface area contributed by atoms with Crippen LogP contribution in [0.5, 0.6) is 0 Å². The first-order chi connectivity index (χ1) is 10.2. The number of amides is 1. The van der Waals surface area contributed by atoms with Crippen molar-refractivity contribution in [2.45, 2.75) is 0 Å². The first-order valence-electron chi connectivity index (χ1n) is 6.12. The Morgan fingerprint density at radius 2 is 2.05 bits per heavy atom. The zero-order chi connectivity index (χ0) is 14.8. The number of nitrogens with zero attached hydrogens (tertiary/aromatic N) is 3. The highest BCUT2D eigenvalue weighted by Gasteiger charge is 2.13. The zero-order valence-corrected chi connectivity index (χ0v) is 10.7. The Labute approximate surface area is 119 Å². The second-order valence-corrected chi connectivity index (χ2v) is 4.35. The molecule has 0 atom stereocenters. The van der Waals surface area contributed by atoms with Crippen molar-refractivity contribution in [2.24, 2.45) is 0 Å². The number of anilines is 1. The number of nitrogens with one attached hydrogen (secondary N) is 1. The third kappa shape index (κ3) is 2.44. The summed E-state index contributed by atoms with van der Waals surface area (Å²) in [7, 11) is 0. The van der Waals surface area contributed by atoms with Crippen LogP contribution >= 0.6 is 0 Å². The van der Waals surface area contributed by atoms with Gasteiger partial charge in [-0.25, -0.2) is 9.37 Å². The van der Waals surface area contributed by atoms with Crippen LogP contribution in [0.25, 0.3) is 5.65 Å². The van der Waals surface area contributed by atoms with Crippen LogP contribution in [0.15, 0.2) is 48.8 Å². The number of hydrogen-bond donors (Lipinski definition) is 1. The summed E-state index contributed by atoms with van der Waals surface area (Å²) in [6, 6.07) is 11.4. The molecular weight excluding hydrogens is 271 g/mol. The smallest absolute Gasteiger partial charge is 0.275 e. The molecule has 3 rings (SSSR count). The molecule has 1 amide bonds. The van der Waals surface area contributed by atoms with E-state index < -0.39 is 11.7 Å². The Bertz CT molecular complexity index is 879. The molecule has 0 aliphatic heterocycles. The molecule has 2 aromatic heterocycles. The first kappa shape index (κ1) is 12.8. The van der Waals surface area contributed by atoms with Gasteiger partial charge in [0.25, 0.3) is 5.91 Å². The third-order valence-corrected chi connectivity index (χ3v) is 2.94. The molecule has 0 saturated heterocycles. The van der Waals surface area contributed by atoms with Crippen molar-refractivity contribution in [1.82, 2.24) is 9.38 Å². The summed E-state index contributed by atoms with van der Waals surface area (Å²) in [5.41, 5.74) is 1.39. The molecule has 102 valence electrons. The largest absolute Gasteiger partial charge is 0.319 e. The van der Waals surface area contributed by atoms with Crippen LogP contribution < -0.4 is 5.32 Å². The summed E-state index contributed by atoms with van der Waals surface area (Å²) >= 11 is 0. The lowest BCUT2D eigenvalue weighted by atomic mass is 10.2. The van der Waals surface area contributed by atoms with Gasteiger partial charge in [-0.05, 0) is 24.3 Å². The van der Waals surface area contributed by atoms with Crippen LogP contribution in [0.1, 0.15) is 16.1 Å². The van der Waals surface area contributed by atoms with Gasteiger partial charge < -0.3 is 9.72 Å². The Balaban J connectivity index is 1.92. The van der Waals surface area contributed by atoms with E-state index in [0.29, 0.717) is 16.9 Å². The summed E-state index contributed by atoms with van der Waals surface area (Å²) in [5, 5.41) is 11.6. The SMILES string of the molecule is N#Cc1ccccc1NC(=O)c1cn2cc(F)ccc2n1. The number of halogens is 1. The van der Waals surface area contributed by atoms with Gasteiger partial charge >= 0.3 is 0 Å². The number of imidazole rings is 1. The van der Waals surface area contributed by atoms with Gasteiger partial charge in [-0.15, -0.1) is 0 Å². The fraction of sp³-hybridized carbons (Fsp3) is 0. The number of carbonyl (C=O) groups is 1. The minimum absolute atomic E-state index is 0.147. The van der Waals surface area contributed by atoms with Crippen LogP contribution in [0, 0.1) is 17.1 Å². The number of hydrogen-bond acceptors (Lipinski definition) is 3. The number of fused-ring (bicyclic) bond motifs is 1. The lowest BCUT2D eigenvalue weighted by Gasteiger charge is -2.04. The molecule has 3 aromatic rings. The van der Waals surface area contributed by atoms with Crippen LogP contribution in [-0.4, -0.2) is 15.3 Å². The highest BCUT2D eigenvalue weighted by molar-refractivity contribution is 6.03. The minimum atomic E-state index is -0.457. The number of pyridine rings is 1. The molecule has 0 saturated carbocycles. The van der Waals surface area contributed by atoms with Crippen molar-refractivity contribution < 1.29 is 9.18 Å². The zero-order valence-electron chi connectivity index (χ0n) is 10.7. The van der Waals surface area contributed by atoms with Crippen molar-refractivity contribution in [1.29, 1.82) is 5.26 Å². The summed E-state index contributed by atoms with van der Waals surface area (Å²) in [6.07, 6.45) is 2.67. The molecule has 2 heterocycles. The van der Waals surface area contributed by atoms with E-state index >= 15 is 0 Å². The third-order valence-electron chi connectivity index (χ3n) is 2.94. The Kier molecular flexibility index (Phi) is 3.09. The van der Waals surface area contributed by atoms with Crippen molar-refractivity contribution in [3.63, 3.8) is 0 Å². The highest BCUT2D eigenvalue weighted by Crippen LogP contribution is 2.15. The van der Waals surface area contributed by atoms with E-state index in [4.69, 9.17) is 5.26 Å². The number of aromatic nitrogens is 2. The normalized spacial score (nSPS) is 10.3. The predicted molar refractivity (Wildman–Crippen MR) is 74.3 cm³/mol. The molecule has 1 N–H and O–H groups in total. The molecular formula is C15H9FN4O. The molecule has 0 radical (unpaired) electrons. The number of carbonyl (C=O) groups excluding carboxylic acids is 1. The molecule has 21 heavy (non-hydrogen) atoms. The number of para-hydroxylation sites is 1. The maximum absolute atomic E-state index is 13.1. The van der Waals surface area contributed by atoms with Gasteiger partial charge in [0, 0.05) is 12.4 Å². The van der Waals surface area contributed by atoms with E-state index in [1.165, 1.54) is 28.9 Å². The standard InChI is InChI=1S/C15H9FN4O/c16-11-5-6-14-18-13(9-20(14)8-11)15(21)19-12-4-2-1-3-10(12)7-17/h1-6,8-9H,(H,19,21). The van der Waals surface area contributed by atoms with Gasteiger partial charge in [0.05, 0.1) is 11.3 Å². The molecule has 0 bridgehead atoms. The highest BCUT2D eigenvalue weighted by atomic mass is 19.1. The molecule has 1 aromatic carbocycles. The van der Waals surface area contributed by atoms with Gasteiger partial charge in [0.15, 0.2) is 0 Å². The molecule has 0 aliphatic carbocycles. The molecule has 5 nitrogen and oxygen atoms in total. The average Bonchev–Trinajstić information content (AvgIpc) is 2.91. The Morgan fingerprint density at radius 3 is 2.86 bits per heavy atom. The maximum atomic E-state index is 13.1. The monoisotopic (exact) mass is 280 g/mol. The topological polar surface area (TPSA) is 70.2 Å². The molecule has 0 aliphatic rings. The lowest BCUT2D eigenvalue weighted by Crippen LogP contribution is -2.13. The average molecular weight is 280 g/mol. The van der Waals surface area contributed by atoms with E-state index in [1.54, 1.807) is 24.3 Å².